The molecule has 1 unspecified atom stereocenters. The first-order valence-electron chi connectivity index (χ1n) is 6.02. The van der Waals surface area contributed by atoms with Gasteiger partial charge in [-0.3, -0.25) is 4.79 Å². The van der Waals surface area contributed by atoms with Crippen molar-refractivity contribution in [1.29, 1.82) is 5.26 Å². The number of carbonyl (C=O) groups is 1. The molecule has 2 rings (SSSR count). The predicted molar refractivity (Wildman–Crippen MR) is 72.1 cm³/mol. The topological polar surface area (TPSA) is 66.5 Å². The van der Waals surface area contributed by atoms with Crippen LogP contribution < -0.4 is 4.74 Å². The molecule has 1 aromatic carbocycles. The molecule has 0 N–H and O–H groups in total. The lowest BCUT2D eigenvalue weighted by atomic mass is 10.1. The van der Waals surface area contributed by atoms with Crippen LogP contribution in [0.2, 0.25) is 0 Å². The third kappa shape index (κ3) is 2.50. The van der Waals surface area contributed by atoms with E-state index in [4.69, 9.17) is 9.15 Å². The monoisotopic (exact) mass is 270 g/mol. The van der Waals surface area contributed by atoms with Crippen LogP contribution in [-0.4, -0.2) is 25.0 Å². The molecule has 5 nitrogen and oxygen atoms in total. The minimum absolute atomic E-state index is 0.301. The van der Waals surface area contributed by atoms with Crippen molar-refractivity contribution in [3.05, 3.63) is 54.0 Å². The number of para-hydroxylation sites is 1. The third-order valence-electron chi connectivity index (χ3n) is 2.98. The summed E-state index contributed by atoms with van der Waals surface area (Å²) >= 11 is 0. The van der Waals surface area contributed by atoms with E-state index >= 15 is 0 Å². The van der Waals surface area contributed by atoms with E-state index in [2.05, 4.69) is 6.07 Å². The maximum atomic E-state index is 12.5. The summed E-state index contributed by atoms with van der Waals surface area (Å²) in [7, 11) is 3.06. The summed E-state index contributed by atoms with van der Waals surface area (Å²) in [6, 6.07) is 11.5. The minimum Gasteiger partial charge on any atom is -0.496 e. The van der Waals surface area contributed by atoms with Gasteiger partial charge in [0.1, 0.15) is 11.5 Å². The van der Waals surface area contributed by atoms with E-state index in [1.165, 1.54) is 18.3 Å². The molecule has 0 saturated carbocycles. The van der Waals surface area contributed by atoms with E-state index in [-0.39, 0.29) is 5.91 Å². The number of nitriles is 1. The van der Waals surface area contributed by atoms with Crippen LogP contribution in [0.15, 0.2) is 47.1 Å². The Labute approximate surface area is 117 Å². The fourth-order valence-electron chi connectivity index (χ4n) is 1.92. The Morgan fingerprint density at radius 2 is 2.10 bits per heavy atom. The number of nitrogens with zero attached hydrogens (tertiary/aromatic N) is 2. The number of furan rings is 1. The summed E-state index contributed by atoms with van der Waals surface area (Å²) in [6.45, 7) is 0. The summed E-state index contributed by atoms with van der Waals surface area (Å²) in [5.74, 6) is 0.601. The van der Waals surface area contributed by atoms with Crippen LogP contribution in [0.3, 0.4) is 0 Å². The quantitative estimate of drug-likeness (QED) is 0.856. The second kappa shape index (κ2) is 5.93. The molecule has 0 aliphatic carbocycles. The van der Waals surface area contributed by atoms with Gasteiger partial charge in [0.2, 0.25) is 0 Å². The molecule has 0 fully saturated rings. The molecule has 0 spiro atoms. The van der Waals surface area contributed by atoms with Crippen LogP contribution >= 0.6 is 0 Å². The molecule has 5 heteroatoms. The maximum Gasteiger partial charge on any atom is 0.258 e. The van der Waals surface area contributed by atoms with Gasteiger partial charge in [0.25, 0.3) is 5.91 Å². The number of ether oxygens (including phenoxy) is 1. The zero-order valence-corrected chi connectivity index (χ0v) is 11.2. The zero-order valence-electron chi connectivity index (χ0n) is 11.2. The van der Waals surface area contributed by atoms with Crippen LogP contribution in [0.25, 0.3) is 0 Å². The second-order valence-electron chi connectivity index (χ2n) is 4.16. The van der Waals surface area contributed by atoms with Gasteiger partial charge in [-0.05, 0) is 24.3 Å². The van der Waals surface area contributed by atoms with Crippen molar-refractivity contribution in [3.8, 4) is 11.8 Å². The van der Waals surface area contributed by atoms with Gasteiger partial charge in [0, 0.05) is 7.05 Å². The molecule has 102 valence electrons. The summed E-state index contributed by atoms with van der Waals surface area (Å²) < 4.78 is 10.4. The van der Waals surface area contributed by atoms with Gasteiger partial charge in [-0.15, -0.1) is 0 Å². The average Bonchev–Trinajstić information content (AvgIpc) is 3.01. The number of hydrogen-bond donors (Lipinski definition) is 0. The Morgan fingerprint density at radius 3 is 2.70 bits per heavy atom. The lowest BCUT2D eigenvalue weighted by molar-refractivity contribution is 0.0747. The van der Waals surface area contributed by atoms with Crippen LogP contribution in [0.5, 0.6) is 5.75 Å². The Morgan fingerprint density at radius 1 is 1.35 bits per heavy atom. The van der Waals surface area contributed by atoms with Gasteiger partial charge in [0.15, 0.2) is 6.04 Å². The molecule has 1 aromatic heterocycles. The normalized spacial score (nSPS) is 11.4. The number of hydrogen-bond acceptors (Lipinski definition) is 4. The molecule has 1 atom stereocenters. The molecule has 0 aliphatic rings. The smallest absolute Gasteiger partial charge is 0.258 e. The van der Waals surface area contributed by atoms with Crippen molar-refractivity contribution in [1.82, 2.24) is 4.90 Å². The fraction of sp³-hybridized carbons (Fsp3) is 0.200. The highest BCUT2D eigenvalue weighted by Crippen LogP contribution is 2.24. The Hall–Kier alpha value is -2.74. The standard InChI is InChI=1S/C15H14N2O3/c1-17(12(10-16)14-8-5-9-20-14)15(18)11-6-3-4-7-13(11)19-2/h3-9,12H,1-2H3. The van der Waals surface area contributed by atoms with Gasteiger partial charge >= 0.3 is 0 Å². The summed E-state index contributed by atoms with van der Waals surface area (Å²) in [5.41, 5.74) is 0.407. The molecule has 1 heterocycles. The summed E-state index contributed by atoms with van der Waals surface area (Å²) in [4.78, 5) is 13.8. The van der Waals surface area contributed by atoms with Crippen LogP contribution in [0.4, 0.5) is 0 Å². The number of carbonyl (C=O) groups excluding carboxylic acids is 1. The van der Waals surface area contributed by atoms with E-state index in [1.54, 1.807) is 43.4 Å². The predicted octanol–water partition coefficient (Wildman–Crippen LogP) is 2.63. The first-order valence-corrected chi connectivity index (χ1v) is 6.02. The van der Waals surface area contributed by atoms with Crippen LogP contribution in [-0.2, 0) is 0 Å². The Balaban J connectivity index is 2.31. The highest BCUT2D eigenvalue weighted by atomic mass is 16.5. The first kappa shape index (κ1) is 13.7. The Kier molecular flexibility index (Phi) is 4.06. The minimum atomic E-state index is -0.776. The van der Waals surface area contributed by atoms with E-state index in [9.17, 15) is 10.1 Å². The molecule has 2 aromatic rings. The van der Waals surface area contributed by atoms with Gasteiger partial charge in [-0.2, -0.15) is 5.26 Å². The number of benzene rings is 1. The molecule has 0 saturated heterocycles. The number of rotatable bonds is 4. The molecule has 0 aliphatic heterocycles. The van der Waals surface area contributed by atoms with Crippen molar-refractivity contribution < 1.29 is 13.9 Å². The summed E-state index contributed by atoms with van der Waals surface area (Å²) in [6.07, 6.45) is 1.47. The second-order valence-corrected chi connectivity index (χ2v) is 4.16. The highest BCUT2D eigenvalue weighted by molar-refractivity contribution is 5.97. The Bertz CT molecular complexity index is 629. The van der Waals surface area contributed by atoms with Crippen molar-refractivity contribution in [2.24, 2.45) is 0 Å². The van der Waals surface area contributed by atoms with Gasteiger partial charge in [-0.25, -0.2) is 0 Å². The lowest BCUT2D eigenvalue weighted by Crippen LogP contribution is -2.30. The van der Waals surface area contributed by atoms with E-state index in [0.29, 0.717) is 17.1 Å². The molecule has 0 bridgehead atoms. The fourth-order valence-corrected chi connectivity index (χ4v) is 1.92. The van der Waals surface area contributed by atoms with Gasteiger partial charge < -0.3 is 14.1 Å². The van der Waals surface area contributed by atoms with E-state index in [1.807, 2.05) is 0 Å². The van der Waals surface area contributed by atoms with Gasteiger partial charge in [0.05, 0.1) is 25.0 Å². The molecule has 0 radical (unpaired) electrons. The highest BCUT2D eigenvalue weighted by Gasteiger charge is 2.26. The largest absolute Gasteiger partial charge is 0.496 e. The van der Waals surface area contributed by atoms with Crippen LogP contribution in [0.1, 0.15) is 22.2 Å². The van der Waals surface area contributed by atoms with Crippen molar-refractivity contribution in [3.63, 3.8) is 0 Å². The van der Waals surface area contributed by atoms with E-state index < -0.39 is 6.04 Å². The molecular formula is C15H14N2O3. The average molecular weight is 270 g/mol. The van der Waals surface area contributed by atoms with E-state index in [0.717, 1.165) is 0 Å². The third-order valence-corrected chi connectivity index (χ3v) is 2.98. The molecular weight excluding hydrogens is 256 g/mol. The zero-order chi connectivity index (χ0) is 14.5. The maximum absolute atomic E-state index is 12.5. The lowest BCUT2D eigenvalue weighted by Gasteiger charge is -2.22. The molecule has 1 amide bonds. The number of methoxy groups -OCH3 is 1. The van der Waals surface area contributed by atoms with Gasteiger partial charge in [-0.1, -0.05) is 12.1 Å². The SMILES string of the molecule is COc1ccccc1C(=O)N(C)C(C#N)c1ccco1. The van der Waals surface area contributed by atoms with Crippen molar-refractivity contribution in [2.45, 2.75) is 6.04 Å². The first-order chi connectivity index (χ1) is 9.69. The number of amides is 1. The van der Waals surface area contributed by atoms with Crippen LogP contribution in [0, 0.1) is 11.3 Å². The van der Waals surface area contributed by atoms with Crippen molar-refractivity contribution in [2.75, 3.05) is 14.2 Å². The molecule has 20 heavy (non-hydrogen) atoms. The van der Waals surface area contributed by atoms with Crippen molar-refractivity contribution >= 4 is 5.91 Å². The summed E-state index contributed by atoms with van der Waals surface area (Å²) in [5, 5.41) is 9.26.